The molecule has 0 fully saturated rings. The average molecular weight is 431 g/mol. The van der Waals surface area contributed by atoms with Crippen LogP contribution in [0, 0.1) is 5.92 Å². The number of ether oxygens (including phenoxy) is 1. The first-order chi connectivity index (χ1) is 14.1. The van der Waals surface area contributed by atoms with Crippen molar-refractivity contribution in [3.8, 4) is 5.75 Å². The molecule has 0 spiro atoms. The van der Waals surface area contributed by atoms with Gasteiger partial charge in [-0.05, 0) is 32.2 Å². The number of carbonyl (C=O) groups excluding carboxylic acids is 2. The van der Waals surface area contributed by atoms with E-state index < -0.39 is 31.0 Å². The van der Waals surface area contributed by atoms with Crippen LogP contribution in [0.3, 0.4) is 0 Å². The van der Waals surface area contributed by atoms with E-state index in [1.165, 1.54) is 18.2 Å². The van der Waals surface area contributed by atoms with Gasteiger partial charge in [-0.1, -0.05) is 6.92 Å². The SMILES string of the molecule is CNC[C@@H]1Oc2ccc(NC(=O)CCC(F)(F)F)cc2C(=O)N([C@H](C)CO)C[C@H]1C. The van der Waals surface area contributed by atoms with Crippen LogP contribution in [0.15, 0.2) is 18.2 Å². The third kappa shape index (κ3) is 6.33. The maximum Gasteiger partial charge on any atom is 0.389 e. The fourth-order valence-electron chi connectivity index (χ4n) is 3.22. The van der Waals surface area contributed by atoms with Crippen LogP contribution in [0.25, 0.3) is 0 Å². The van der Waals surface area contributed by atoms with Gasteiger partial charge in [0.05, 0.1) is 24.6 Å². The molecule has 0 aromatic heterocycles. The molecule has 0 saturated heterocycles. The van der Waals surface area contributed by atoms with E-state index in [1.54, 1.807) is 18.9 Å². The highest BCUT2D eigenvalue weighted by atomic mass is 19.4. The number of likely N-dealkylation sites (N-methyl/N-ethyl adjacent to an activating group) is 1. The van der Waals surface area contributed by atoms with Gasteiger partial charge in [0.1, 0.15) is 11.9 Å². The van der Waals surface area contributed by atoms with Crippen molar-refractivity contribution < 1.29 is 32.6 Å². The van der Waals surface area contributed by atoms with Crippen molar-refractivity contribution in [2.75, 3.05) is 32.1 Å². The minimum Gasteiger partial charge on any atom is -0.488 e. The topological polar surface area (TPSA) is 90.9 Å². The van der Waals surface area contributed by atoms with Gasteiger partial charge in [0.15, 0.2) is 0 Å². The number of fused-ring (bicyclic) bond motifs is 1. The first-order valence-electron chi connectivity index (χ1n) is 9.79. The van der Waals surface area contributed by atoms with Crippen LogP contribution in [-0.4, -0.2) is 66.9 Å². The zero-order valence-corrected chi connectivity index (χ0v) is 17.3. The zero-order chi connectivity index (χ0) is 22.5. The Kier molecular flexibility index (Phi) is 8.08. The van der Waals surface area contributed by atoms with Crippen molar-refractivity contribution in [1.29, 1.82) is 0 Å². The number of amides is 2. The van der Waals surface area contributed by atoms with Crippen molar-refractivity contribution >= 4 is 17.5 Å². The molecule has 0 saturated carbocycles. The number of aliphatic hydroxyl groups is 1. The number of nitrogens with one attached hydrogen (secondary N) is 2. The van der Waals surface area contributed by atoms with Gasteiger partial charge >= 0.3 is 6.18 Å². The van der Waals surface area contributed by atoms with Gasteiger partial charge in [-0.15, -0.1) is 0 Å². The van der Waals surface area contributed by atoms with Gasteiger partial charge < -0.3 is 25.4 Å². The van der Waals surface area contributed by atoms with Gasteiger partial charge in [-0.3, -0.25) is 9.59 Å². The molecule has 2 rings (SSSR count). The van der Waals surface area contributed by atoms with E-state index in [0.29, 0.717) is 18.8 Å². The fourth-order valence-corrected chi connectivity index (χ4v) is 3.22. The molecule has 1 aliphatic heterocycles. The molecule has 1 aliphatic rings. The molecule has 3 atom stereocenters. The molecular weight excluding hydrogens is 403 g/mol. The number of benzene rings is 1. The fraction of sp³-hybridized carbons (Fsp3) is 0.600. The van der Waals surface area contributed by atoms with Crippen LogP contribution in [-0.2, 0) is 4.79 Å². The zero-order valence-electron chi connectivity index (χ0n) is 17.3. The maximum atomic E-state index is 13.2. The largest absolute Gasteiger partial charge is 0.488 e. The van der Waals surface area contributed by atoms with E-state index in [9.17, 15) is 27.9 Å². The molecule has 1 heterocycles. The predicted octanol–water partition coefficient (Wildman–Crippen LogP) is 2.41. The molecular formula is C20H28F3N3O4. The summed E-state index contributed by atoms with van der Waals surface area (Å²) in [6, 6.07) is 3.97. The smallest absolute Gasteiger partial charge is 0.389 e. The predicted molar refractivity (Wildman–Crippen MR) is 105 cm³/mol. The highest BCUT2D eigenvalue weighted by Gasteiger charge is 2.33. The van der Waals surface area contributed by atoms with Crippen molar-refractivity contribution in [1.82, 2.24) is 10.2 Å². The number of carbonyl (C=O) groups is 2. The van der Waals surface area contributed by atoms with Gasteiger partial charge in [0.25, 0.3) is 5.91 Å². The third-order valence-electron chi connectivity index (χ3n) is 4.99. The number of aliphatic hydroxyl groups excluding tert-OH is 1. The highest BCUT2D eigenvalue weighted by molar-refractivity contribution is 5.99. The number of nitrogens with zero attached hydrogens (tertiary/aromatic N) is 1. The lowest BCUT2D eigenvalue weighted by atomic mass is 9.99. The van der Waals surface area contributed by atoms with Crippen molar-refractivity contribution in [3.05, 3.63) is 23.8 Å². The first-order valence-corrected chi connectivity index (χ1v) is 9.79. The van der Waals surface area contributed by atoms with E-state index in [2.05, 4.69) is 10.6 Å². The van der Waals surface area contributed by atoms with Crippen LogP contribution in [0.4, 0.5) is 18.9 Å². The molecule has 0 bridgehead atoms. The Labute approximate surface area is 173 Å². The Balaban J connectivity index is 2.32. The summed E-state index contributed by atoms with van der Waals surface area (Å²) in [5.74, 6) is -0.887. The van der Waals surface area contributed by atoms with Crippen LogP contribution in [0.1, 0.15) is 37.0 Å². The summed E-state index contributed by atoms with van der Waals surface area (Å²) in [5, 5.41) is 15.0. The maximum absolute atomic E-state index is 13.2. The lowest BCUT2D eigenvalue weighted by Gasteiger charge is -2.37. The molecule has 1 aromatic rings. The summed E-state index contributed by atoms with van der Waals surface area (Å²) in [6.07, 6.45) is -6.60. The second-order valence-corrected chi connectivity index (χ2v) is 7.55. The van der Waals surface area contributed by atoms with Gasteiger partial charge in [-0.25, -0.2) is 0 Å². The monoisotopic (exact) mass is 431 g/mol. The summed E-state index contributed by atoms with van der Waals surface area (Å²) in [7, 11) is 1.79. The molecule has 30 heavy (non-hydrogen) atoms. The number of alkyl halides is 3. The Morgan fingerprint density at radius 1 is 1.40 bits per heavy atom. The first kappa shape index (κ1) is 23.9. The number of hydrogen-bond donors (Lipinski definition) is 3. The second kappa shape index (κ2) is 10.1. The normalized spacial score (nSPS) is 20.6. The Bertz CT molecular complexity index is 757. The minimum absolute atomic E-state index is 0.0229. The van der Waals surface area contributed by atoms with Crippen LogP contribution in [0.2, 0.25) is 0 Å². The molecule has 0 radical (unpaired) electrons. The van der Waals surface area contributed by atoms with Crippen molar-refractivity contribution in [2.24, 2.45) is 5.92 Å². The summed E-state index contributed by atoms with van der Waals surface area (Å²) in [6.45, 7) is 4.34. The van der Waals surface area contributed by atoms with Gasteiger partial charge in [0, 0.05) is 31.1 Å². The highest BCUT2D eigenvalue weighted by Crippen LogP contribution is 2.30. The van der Waals surface area contributed by atoms with Crippen LogP contribution < -0.4 is 15.4 Å². The van der Waals surface area contributed by atoms with E-state index >= 15 is 0 Å². The minimum atomic E-state index is -4.42. The molecule has 7 nitrogen and oxygen atoms in total. The van der Waals surface area contributed by atoms with Gasteiger partial charge in [-0.2, -0.15) is 13.2 Å². The molecule has 3 N–H and O–H groups in total. The standard InChI is InChI=1S/C20H28F3N3O4/c1-12-10-26(13(2)11-27)19(29)15-8-14(25-18(28)6-7-20(21,22)23)4-5-16(15)30-17(12)9-24-3/h4-5,8,12-13,17,24,27H,6-7,9-11H2,1-3H3,(H,25,28)/t12-,13-,17+/m1/s1. The quantitative estimate of drug-likeness (QED) is 0.617. The summed E-state index contributed by atoms with van der Waals surface area (Å²) in [5.41, 5.74) is 0.380. The number of anilines is 1. The van der Waals surface area contributed by atoms with Crippen LogP contribution >= 0.6 is 0 Å². The Morgan fingerprint density at radius 2 is 2.10 bits per heavy atom. The summed E-state index contributed by atoms with van der Waals surface area (Å²) < 4.78 is 43.0. The molecule has 168 valence electrons. The number of hydrogen-bond acceptors (Lipinski definition) is 5. The van der Waals surface area contributed by atoms with E-state index in [4.69, 9.17) is 4.74 Å². The van der Waals surface area contributed by atoms with E-state index in [-0.39, 0.29) is 35.8 Å². The Morgan fingerprint density at radius 3 is 2.70 bits per heavy atom. The summed E-state index contributed by atoms with van der Waals surface area (Å²) in [4.78, 5) is 26.6. The number of rotatable bonds is 7. The third-order valence-corrected chi connectivity index (χ3v) is 4.99. The number of halogens is 3. The van der Waals surface area contributed by atoms with Crippen molar-refractivity contribution in [3.63, 3.8) is 0 Å². The lowest BCUT2D eigenvalue weighted by molar-refractivity contribution is -0.142. The van der Waals surface area contributed by atoms with E-state index in [0.717, 1.165) is 0 Å². The van der Waals surface area contributed by atoms with Crippen molar-refractivity contribution in [2.45, 2.75) is 45.0 Å². The van der Waals surface area contributed by atoms with E-state index in [1.807, 2.05) is 6.92 Å². The molecule has 0 unspecified atom stereocenters. The average Bonchev–Trinajstić information content (AvgIpc) is 2.68. The summed E-state index contributed by atoms with van der Waals surface area (Å²) >= 11 is 0. The second-order valence-electron chi connectivity index (χ2n) is 7.55. The molecule has 1 aromatic carbocycles. The Hall–Kier alpha value is -2.33. The van der Waals surface area contributed by atoms with Gasteiger partial charge in [0.2, 0.25) is 5.91 Å². The molecule has 2 amide bonds. The lowest BCUT2D eigenvalue weighted by Crippen LogP contribution is -2.49. The molecule has 10 heteroatoms. The molecule has 0 aliphatic carbocycles. The van der Waals surface area contributed by atoms with Crippen LogP contribution in [0.5, 0.6) is 5.75 Å².